The molecule has 0 unspecified atom stereocenters. The van der Waals surface area contributed by atoms with Crippen LogP contribution in [0.2, 0.25) is 0 Å². The summed E-state index contributed by atoms with van der Waals surface area (Å²) in [5.41, 5.74) is 0. The minimum atomic E-state index is -1.28. The Morgan fingerprint density at radius 3 is 2.48 bits per heavy atom. The van der Waals surface area contributed by atoms with Crippen LogP contribution in [0.4, 0.5) is 4.79 Å². The highest BCUT2D eigenvalue weighted by atomic mass is 16.5. The first-order valence-electron chi connectivity index (χ1n) is 6.45. The number of ether oxygens (including phenoxy) is 1. The Kier molecular flexibility index (Phi) is 5.45. The van der Waals surface area contributed by atoms with Crippen molar-refractivity contribution in [2.24, 2.45) is 5.92 Å². The van der Waals surface area contributed by atoms with Crippen LogP contribution in [0.1, 0.15) is 20.8 Å². The smallest absolute Gasteiger partial charge is 0.407 e. The van der Waals surface area contributed by atoms with E-state index in [0.717, 1.165) is 11.0 Å². The molecule has 1 aliphatic heterocycles. The number of alkyl carbamates (subject to hydrolysis) is 1. The lowest BCUT2D eigenvalue weighted by molar-refractivity contribution is -0.158. The lowest BCUT2D eigenvalue weighted by atomic mass is 9.96. The molecule has 0 aromatic heterocycles. The maximum Gasteiger partial charge on any atom is 0.407 e. The topological polar surface area (TPSA) is 113 Å². The van der Waals surface area contributed by atoms with E-state index in [4.69, 9.17) is 9.84 Å². The van der Waals surface area contributed by atoms with E-state index in [1.165, 1.54) is 0 Å². The third-order valence-corrected chi connectivity index (χ3v) is 2.82. The van der Waals surface area contributed by atoms with Gasteiger partial charge in [0.25, 0.3) is 11.8 Å². The molecule has 8 nitrogen and oxygen atoms in total. The number of aliphatic carboxylic acids is 1. The maximum absolute atomic E-state index is 11.8. The maximum atomic E-state index is 11.8. The molecule has 1 fully saturated rings. The van der Waals surface area contributed by atoms with Crippen LogP contribution in [-0.2, 0) is 19.1 Å². The number of nitrogens with one attached hydrogen (secondary N) is 1. The average Bonchev–Trinajstić information content (AvgIpc) is 2.40. The Morgan fingerprint density at radius 2 is 2.00 bits per heavy atom. The van der Waals surface area contributed by atoms with Gasteiger partial charge in [0, 0.05) is 12.2 Å². The van der Waals surface area contributed by atoms with Gasteiger partial charge >= 0.3 is 12.1 Å². The number of rotatable bonds is 5. The molecule has 21 heavy (non-hydrogen) atoms. The zero-order chi connectivity index (χ0) is 16.2. The molecular formula is C13H18N2O6. The van der Waals surface area contributed by atoms with Gasteiger partial charge in [-0.15, -0.1) is 0 Å². The SMILES string of the molecule is CC(C)COC(=O)N[C@@H]1C(=O)N(C(=O)/C=C/C(=O)O)[C@@H]1C. The quantitative estimate of drug-likeness (QED) is 0.551. The molecule has 1 rings (SSSR count). The lowest BCUT2D eigenvalue weighted by Crippen LogP contribution is -2.70. The van der Waals surface area contributed by atoms with Gasteiger partial charge in [0.2, 0.25) is 0 Å². The van der Waals surface area contributed by atoms with E-state index in [9.17, 15) is 19.2 Å². The minimum absolute atomic E-state index is 0.171. The number of hydrogen-bond donors (Lipinski definition) is 2. The van der Waals surface area contributed by atoms with Crippen LogP contribution < -0.4 is 5.32 Å². The van der Waals surface area contributed by atoms with Crippen molar-refractivity contribution in [1.82, 2.24) is 10.2 Å². The van der Waals surface area contributed by atoms with Gasteiger partial charge in [-0.05, 0) is 12.8 Å². The molecule has 2 N–H and O–H groups in total. The summed E-state index contributed by atoms with van der Waals surface area (Å²) in [6, 6.07) is -1.40. The molecule has 0 radical (unpaired) electrons. The number of amides is 3. The van der Waals surface area contributed by atoms with Crippen LogP contribution in [0.3, 0.4) is 0 Å². The molecule has 1 heterocycles. The summed E-state index contributed by atoms with van der Waals surface area (Å²) in [5.74, 6) is -2.44. The van der Waals surface area contributed by atoms with Crippen LogP contribution in [0.25, 0.3) is 0 Å². The van der Waals surface area contributed by atoms with Crippen LogP contribution >= 0.6 is 0 Å². The van der Waals surface area contributed by atoms with Crippen molar-refractivity contribution in [3.63, 3.8) is 0 Å². The van der Waals surface area contributed by atoms with Crippen molar-refractivity contribution in [1.29, 1.82) is 0 Å². The van der Waals surface area contributed by atoms with Gasteiger partial charge in [-0.3, -0.25) is 14.5 Å². The normalized spacial score (nSPS) is 21.3. The first-order valence-corrected chi connectivity index (χ1v) is 6.45. The summed E-state index contributed by atoms with van der Waals surface area (Å²) >= 11 is 0. The largest absolute Gasteiger partial charge is 0.478 e. The van der Waals surface area contributed by atoms with Crippen molar-refractivity contribution < 1.29 is 29.0 Å². The molecule has 0 bridgehead atoms. The van der Waals surface area contributed by atoms with Crippen molar-refractivity contribution >= 4 is 23.9 Å². The molecule has 1 saturated heterocycles. The van der Waals surface area contributed by atoms with E-state index in [-0.39, 0.29) is 12.5 Å². The highest BCUT2D eigenvalue weighted by Gasteiger charge is 2.48. The van der Waals surface area contributed by atoms with Crippen LogP contribution in [0, 0.1) is 5.92 Å². The van der Waals surface area contributed by atoms with Gasteiger partial charge in [-0.25, -0.2) is 9.59 Å². The molecule has 1 aliphatic rings. The van der Waals surface area contributed by atoms with E-state index >= 15 is 0 Å². The molecule has 0 aliphatic carbocycles. The Hall–Kier alpha value is -2.38. The Balaban J connectivity index is 2.52. The molecule has 3 amide bonds. The zero-order valence-electron chi connectivity index (χ0n) is 12.0. The van der Waals surface area contributed by atoms with Gasteiger partial charge in [0.15, 0.2) is 0 Å². The Morgan fingerprint density at radius 1 is 1.38 bits per heavy atom. The molecular weight excluding hydrogens is 280 g/mol. The monoisotopic (exact) mass is 298 g/mol. The number of carbonyl (C=O) groups is 4. The lowest BCUT2D eigenvalue weighted by Gasteiger charge is -2.42. The first-order chi connectivity index (χ1) is 9.73. The number of carboxylic acids is 1. The van der Waals surface area contributed by atoms with Crippen LogP contribution in [-0.4, -0.2) is 52.6 Å². The molecule has 0 spiro atoms. The fraction of sp³-hybridized carbons (Fsp3) is 0.538. The number of likely N-dealkylation sites (tertiary alicyclic amines) is 1. The van der Waals surface area contributed by atoms with E-state index in [2.05, 4.69) is 5.32 Å². The number of hydrogen-bond acceptors (Lipinski definition) is 5. The average molecular weight is 298 g/mol. The number of carbonyl (C=O) groups excluding carboxylic acids is 3. The number of imide groups is 1. The standard InChI is InChI=1S/C13H18N2O6/c1-7(2)6-21-13(20)14-11-8(3)15(12(11)19)9(16)4-5-10(17)18/h4-5,7-8,11H,6H2,1-3H3,(H,14,20)(H,17,18)/b5-4+/t8-,11+/m1/s1. The van der Waals surface area contributed by atoms with Gasteiger partial charge in [0.05, 0.1) is 12.6 Å². The highest BCUT2D eigenvalue weighted by Crippen LogP contribution is 2.20. The summed E-state index contributed by atoms with van der Waals surface area (Å²) in [5, 5.41) is 10.8. The Labute approximate surface area is 121 Å². The van der Waals surface area contributed by atoms with E-state index < -0.39 is 36.0 Å². The van der Waals surface area contributed by atoms with Gasteiger partial charge in [-0.2, -0.15) is 0 Å². The number of carboxylic acid groups (broad SMARTS) is 1. The van der Waals surface area contributed by atoms with Crippen molar-refractivity contribution in [2.45, 2.75) is 32.9 Å². The van der Waals surface area contributed by atoms with Gasteiger partial charge in [-0.1, -0.05) is 13.8 Å². The van der Waals surface area contributed by atoms with Crippen LogP contribution in [0.15, 0.2) is 12.2 Å². The Bertz CT molecular complexity index is 485. The minimum Gasteiger partial charge on any atom is -0.478 e. The predicted molar refractivity (Wildman–Crippen MR) is 71.2 cm³/mol. The summed E-state index contributed by atoms with van der Waals surface area (Å²) in [7, 11) is 0. The van der Waals surface area contributed by atoms with E-state index in [1.807, 2.05) is 13.8 Å². The van der Waals surface area contributed by atoms with Gasteiger partial charge < -0.3 is 15.2 Å². The van der Waals surface area contributed by atoms with Crippen molar-refractivity contribution in [3.8, 4) is 0 Å². The summed E-state index contributed by atoms with van der Waals surface area (Å²) in [6.45, 7) is 5.55. The third-order valence-electron chi connectivity index (χ3n) is 2.82. The zero-order valence-corrected chi connectivity index (χ0v) is 12.0. The molecule has 2 atom stereocenters. The summed E-state index contributed by atoms with van der Waals surface area (Å²) < 4.78 is 4.88. The highest BCUT2D eigenvalue weighted by molar-refractivity contribution is 6.09. The fourth-order valence-corrected chi connectivity index (χ4v) is 1.75. The summed E-state index contributed by atoms with van der Waals surface area (Å²) in [4.78, 5) is 46.0. The van der Waals surface area contributed by atoms with E-state index in [0.29, 0.717) is 6.08 Å². The molecule has 8 heteroatoms. The second-order valence-electron chi connectivity index (χ2n) is 5.07. The molecule has 116 valence electrons. The molecule has 0 saturated carbocycles. The predicted octanol–water partition coefficient (Wildman–Crippen LogP) is 0.135. The molecule has 0 aromatic rings. The van der Waals surface area contributed by atoms with E-state index in [1.54, 1.807) is 6.92 Å². The van der Waals surface area contributed by atoms with Crippen molar-refractivity contribution in [3.05, 3.63) is 12.2 Å². The second-order valence-corrected chi connectivity index (χ2v) is 5.07. The second kappa shape index (κ2) is 6.87. The van der Waals surface area contributed by atoms with Crippen molar-refractivity contribution in [2.75, 3.05) is 6.61 Å². The molecule has 0 aromatic carbocycles. The number of β-lactam (4-membered cyclic amide) rings is 1. The number of nitrogens with zero attached hydrogens (tertiary/aromatic N) is 1. The van der Waals surface area contributed by atoms with Gasteiger partial charge in [0.1, 0.15) is 6.04 Å². The fourth-order valence-electron chi connectivity index (χ4n) is 1.75. The van der Waals surface area contributed by atoms with Crippen LogP contribution in [0.5, 0.6) is 0 Å². The first kappa shape index (κ1) is 16.7. The third kappa shape index (κ3) is 4.30. The summed E-state index contributed by atoms with van der Waals surface area (Å²) in [6.07, 6.45) is 0.728.